The van der Waals surface area contributed by atoms with Crippen molar-refractivity contribution < 1.29 is 9.18 Å². The highest BCUT2D eigenvalue weighted by molar-refractivity contribution is 6.38. The number of hydrogen-bond donors (Lipinski definition) is 1. The predicted molar refractivity (Wildman–Crippen MR) is 117 cm³/mol. The minimum atomic E-state index is -0.527. The molecule has 0 spiro atoms. The Balaban J connectivity index is 1.80. The molecule has 0 bridgehead atoms. The number of amides is 2. The van der Waals surface area contributed by atoms with Crippen LogP contribution in [-0.4, -0.2) is 41.6 Å². The first-order valence-electron chi connectivity index (χ1n) is 9.34. The summed E-state index contributed by atoms with van der Waals surface area (Å²) in [6, 6.07) is 3.90. The number of hydrogen-bond acceptors (Lipinski definition) is 3. The summed E-state index contributed by atoms with van der Waals surface area (Å²) in [7, 11) is 0. The van der Waals surface area contributed by atoms with Gasteiger partial charge in [0, 0.05) is 43.8 Å². The predicted octanol–water partition coefficient (Wildman–Crippen LogP) is 5.95. The highest BCUT2D eigenvalue weighted by Gasteiger charge is 2.31. The number of urea groups is 1. The molecule has 2 amide bonds. The minimum absolute atomic E-state index is 0.0234. The molecular weight excluding hydrogens is 438 g/mol. The van der Waals surface area contributed by atoms with Gasteiger partial charge in [-0.3, -0.25) is 4.98 Å². The number of aromatic nitrogens is 1. The average Bonchev–Trinajstić information content (AvgIpc) is 2.88. The van der Waals surface area contributed by atoms with Crippen molar-refractivity contribution in [2.24, 2.45) is 5.92 Å². The van der Waals surface area contributed by atoms with Crippen molar-refractivity contribution in [2.75, 3.05) is 29.9 Å². The maximum atomic E-state index is 13.4. The van der Waals surface area contributed by atoms with Crippen LogP contribution >= 0.6 is 34.8 Å². The minimum Gasteiger partial charge on any atom is -0.367 e. The Labute approximate surface area is 184 Å². The third-order valence-electron chi connectivity index (χ3n) is 5.05. The van der Waals surface area contributed by atoms with Gasteiger partial charge in [0.15, 0.2) is 0 Å². The highest BCUT2D eigenvalue weighted by Crippen LogP contribution is 2.34. The van der Waals surface area contributed by atoms with E-state index in [-0.39, 0.29) is 23.0 Å². The van der Waals surface area contributed by atoms with E-state index in [1.54, 1.807) is 12.4 Å². The van der Waals surface area contributed by atoms with Crippen LogP contribution in [0, 0.1) is 11.7 Å². The first-order chi connectivity index (χ1) is 13.8. The fourth-order valence-electron chi connectivity index (χ4n) is 3.59. The van der Waals surface area contributed by atoms with E-state index in [0.29, 0.717) is 35.4 Å². The van der Waals surface area contributed by atoms with Crippen LogP contribution in [0.1, 0.15) is 20.3 Å². The third-order valence-corrected chi connectivity index (χ3v) is 5.89. The second kappa shape index (κ2) is 9.37. The maximum absolute atomic E-state index is 13.4. The molecule has 0 saturated carbocycles. The largest absolute Gasteiger partial charge is 0.367 e. The zero-order chi connectivity index (χ0) is 21.1. The van der Waals surface area contributed by atoms with Gasteiger partial charge in [-0.25, -0.2) is 9.18 Å². The fourth-order valence-corrected chi connectivity index (χ4v) is 4.38. The number of anilines is 2. The fraction of sp³-hybridized carbons (Fsp3) is 0.400. The van der Waals surface area contributed by atoms with E-state index in [2.05, 4.69) is 29.0 Å². The Morgan fingerprint density at radius 3 is 2.45 bits per heavy atom. The number of benzene rings is 1. The summed E-state index contributed by atoms with van der Waals surface area (Å²) in [6.07, 6.45) is 3.89. The molecule has 1 unspecified atom stereocenters. The molecule has 2 heterocycles. The second-order valence-electron chi connectivity index (χ2n) is 7.29. The lowest BCUT2D eigenvalue weighted by molar-refractivity contribution is 0.171. The molecule has 1 N–H and O–H groups in total. The van der Waals surface area contributed by atoms with Gasteiger partial charge in [-0.15, -0.1) is 0 Å². The molecule has 0 aliphatic carbocycles. The SMILES string of the molecule is CC(C)C1CCN(c2c(Cl)cncc2Cl)CCN1C(=O)Nc1ccc(F)c(Cl)c1. The van der Waals surface area contributed by atoms with Crippen molar-refractivity contribution in [3.05, 3.63) is 51.5 Å². The lowest BCUT2D eigenvalue weighted by Gasteiger charge is -2.32. The van der Waals surface area contributed by atoms with Crippen LogP contribution in [0.3, 0.4) is 0 Å². The summed E-state index contributed by atoms with van der Waals surface area (Å²) < 4.78 is 13.4. The number of rotatable bonds is 3. The first-order valence-corrected chi connectivity index (χ1v) is 10.5. The van der Waals surface area contributed by atoms with E-state index < -0.39 is 5.82 Å². The molecule has 1 aromatic heterocycles. The van der Waals surface area contributed by atoms with Crippen LogP contribution in [-0.2, 0) is 0 Å². The van der Waals surface area contributed by atoms with Crippen LogP contribution in [0.25, 0.3) is 0 Å². The van der Waals surface area contributed by atoms with Gasteiger partial charge in [0.05, 0.1) is 20.8 Å². The lowest BCUT2D eigenvalue weighted by Crippen LogP contribution is -2.46. The number of carbonyl (C=O) groups is 1. The molecule has 0 radical (unpaired) electrons. The van der Waals surface area contributed by atoms with Gasteiger partial charge < -0.3 is 15.1 Å². The zero-order valence-electron chi connectivity index (χ0n) is 16.1. The Morgan fingerprint density at radius 2 is 1.83 bits per heavy atom. The number of halogens is 4. The lowest BCUT2D eigenvalue weighted by atomic mass is 9.99. The molecule has 1 fully saturated rings. The van der Waals surface area contributed by atoms with E-state index in [9.17, 15) is 9.18 Å². The number of pyridine rings is 1. The van der Waals surface area contributed by atoms with Gasteiger partial charge in [-0.1, -0.05) is 48.7 Å². The molecule has 3 rings (SSSR count). The second-order valence-corrected chi connectivity index (χ2v) is 8.51. The summed E-state index contributed by atoms with van der Waals surface area (Å²) in [4.78, 5) is 20.9. The summed E-state index contributed by atoms with van der Waals surface area (Å²) in [5.74, 6) is -0.276. The number of carbonyl (C=O) groups excluding carboxylic acids is 1. The van der Waals surface area contributed by atoms with E-state index in [0.717, 1.165) is 12.1 Å². The molecule has 1 aliphatic heterocycles. The number of nitrogens with one attached hydrogen (secondary N) is 1. The topological polar surface area (TPSA) is 48.5 Å². The molecule has 9 heteroatoms. The third kappa shape index (κ3) is 5.05. The van der Waals surface area contributed by atoms with E-state index in [1.165, 1.54) is 18.2 Å². The van der Waals surface area contributed by atoms with Crippen molar-refractivity contribution >= 4 is 52.2 Å². The standard InChI is InChI=1S/C20H22Cl3FN4O/c1-12(2)18-5-6-27(19-15(22)10-25-11-16(19)23)7-8-28(18)20(29)26-13-3-4-17(24)14(21)9-13/h3-4,9-12,18H,5-8H2,1-2H3,(H,26,29). The van der Waals surface area contributed by atoms with Gasteiger partial charge in [0.1, 0.15) is 5.82 Å². The van der Waals surface area contributed by atoms with Crippen molar-refractivity contribution in [1.82, 2.24) is 9.88 Å². The molecule has 2 aromatic rings. The highest BCUT2D eigenvalue weighted by atomic mass is 35.5. The zero-order valence-corrected chi connectivity index (χ0v) is 18.4. The molecule has 156 valence electrons. The Morgan fingerprint density at radius 1 is 1.14 bits per heavy atom. The normalized spacial score (nSPS) is 17.4. The first kappa shape index (κ1) is 21.9. The van der Waals surface area contributed by atoms with Crippen LogP contribution in [0.5, 0.6) is 0 Å². The molecule has 1 aliphatic rings. The van der Waals surface area contributed by atoms with Gasteiger partial charge >= 0.3 is 6.03 Å². The summed E-state index contributed by atoms with van der Waals surface area (Å²) in [5.41, 5.74) is 1.18. The van der Waals surface area contributed by atoms with Gasteiger partial charge in [0.2, 0.25) is 0 Å². The molecule has 29 heavy (non-hydrogen) atoms. The maximum Gasteiger partial charge on any atom is 0.322 e. The molecule has 1 saturated heterocycles. The van der Waals surface area contributed by atoms with E-state index >= 15 is 0 Å². The average molecular weight is 460 g/mol. The molecular formula is C20H22Cl3FN4O. The summed E-state index contributed by atoms with van der Waals surface area (Å²) in [6.45, 7) is 5.94. The van der Waals surface area contributed by atoms with Gasteiger partial charge in [-0.05, 0) is 30.5 Å². The Hall–Kier alpha value is -1.76. The van der Waals surface area contributed by atoms with Crippen LogP contribution in [0.2, 0.25) is 15.1 Å². The van der Waals surface area contributed by atoms with E-state index in [1.807, 2.05) is 4.90 Å². The monoisotopic (exact) mass is 458 g/mol. The van der Waals surface area contributed by atoms with Gasteiger partial charge in [-0.2, -0.15) is 0 Å². The van der Waals surface area contributed by atoms with Crippen LogP contribution in [0.4, 0.5) is 20.6 Å². The summed E-state index contributed by atoms with van der Waals surface area (Å²) >= 11 is 18.5. The van der Waals surface area contributed by atoms with E-state index in [4.69, 9.17) is 34.8 Å². The van der Waals surface area contributed by atoms with Crippen molar-refractivity contribution in [1.29, 1.82) is 0 Å². The molecule has 5 nitrogen and oxygen atoms in total. The molecule has 1 aromatic carbocycles. The Bertz CT molecular complexity index is 876. The summed E-state index contributed by atoms with van der Waals surface area (Å²) in [5, 5.41) is 3.76. The van der Waals surface area contributed by atoms with Crippen molar-refractivity contribution in [3.63, 3.8) is 0 Å². The van der Waals surface area contributed by atoms with Gasteiger partial charge in [0.25, 0.3) is 0 Å². The number of nitrogens with zero attached hydrogens (tertiary/aromatic N) is 3. The van der Waals surface area contributed by atoms with Crippen molar-refractivity contribution in [3.8, 4) is 0 Å². The van der Waals surface area contributed by atoms with Crippen LogP contribution < -0.4 is 10.2 Å². The van der Waals surface area contributed by atoms with Crippen LogP contribution in [0.15, 0.2) is 30.6 Å². The molecule has 1 atom stereocenters. The van der Waals surface area contributed by atoms with Crippen molar-refractivity contribution in [2.45, 2.75) is 26.3 Å². The quantitative estimate of drug-likeness (QED) is 0.617. The Kier molecular flexibility index (Phi) is 7.09. The smallest absolute Gasteiger partial charge is 0.322 e.